The van der Waals surface area contributed by atoms with Gasteiger partial charge in [0.2, 0.25) is 5.91 Å². The summed E-state index contributed by atoms with van der Waals surface area (Å²) in [5.41, 5.74) is 0.266. The predicted octanol–water partition coefficient (Wildman–Crippen LogP) is 2.40. The van der Waals surface area contributed by atoms with Gasteiger partial charge < -0.3 is 5.32 Å². The fourth-order valence-corrected chi connectivity index (χ4v) is 1.50. The normalized spacial score (nSPS) is 11.5. The number of carbonyl (C=O) groups excluding carboxylic acids is 2. The number of non-ortho nitro benzene ring substituents is 1. The van der Waals surface area contributed by atoms with Gasteiger partial charge in [0.25, 0.3) is 5.69 Å². The fourth-order valence-electron chi connectivity index (χ4n) is 1.09. The Hall–Kier alpha value is -1.48. The standard InChI is InChI=1S/C10H9Br2N3O4/c11-5-8(12)9(16)14-10(17)13-6-1-3-7(4-2-6)15(18)19/h1-4,8H,5H2,(H2,13,14,16,17). The first kappa shape index (κ1) is 15.6. The topological polar surface area (TPSA) is 101 Å². The summed E-state index contributed by atoms with van der Waals surface area (Å²) in [5.74, 6) is -0.490. The summed E-state index contributed by atoms with van der Waals surface area (Å²) in [6.07, 6.45) is 0. The number of anilines is 1. The number of rotatable bonds is 4. The molecule has 1 rings (SSSR count). The van der Waals surface area contributed by atoms with E-state index in [1.165, 1.54) is 24.3 Å². The second kappa shape index (κ2) is 7.19. The van der Waals surface area contributed by atoms with Crippen molar-refractivity contribution >= 4 is 55.2 Å². The monoisotopic (exact) mass is 393 g/mol. The van der Waals surface area contributed by atoms with Crippen molar-refractivity contribution in [3.8, 4) is 0 Å². The molecule has 0 fully saturated rings. The fraction of sp³-hybridized carbons (Fsp3) is 0.200. The van der Waals surface area contributed by atoms with Gasteiger partial charge in [-0.1, -0.05) is 31.9 Å². The zero-order chi connectivity index (χ0) is 14.4. The molecular weight excluding hydrogens is 386 g/mol. The molecule has 7 nitrogen and oxygen atoms in total. The molecule has 19 heavy (non-hydrogen) atoms. The summed E-state index contributed by atoms with van der Waals surface area (Å²) < 4.78 is 0. The van der Waals surface area contributed by atoms with E-state index in [0.717, 1.165) is 0 Å². The maximum Gasteiger partial charge on any atom is 0.325 e. The highest BCUT2D eigenvalue weighted by molar-refractivity contribution is 9.12. The molecule has 102 valence electrons. The number of imide groups is 1. The number of nitrogens with one attached hydrogen (secondary N) is 2. The van der Waals surface area contributed by atoms with E-state index in [0.29, 0.717) is 11.0 Å². The number of nitro benzene ring substituents is 1. The lowest BCUT2D eigenvalue weighted by Gasteiger charge is -2.08. The van der Waals surface area contributed by atoms with Crippen LogP contribution in [0.2, 0.25) is 0 Å². The van der Waals surface area contributed by atoms with Crippen LogP contribution in [0.5, 0.6) is 0 Å². The Morgan fingerprint density at radius 1 is 1.32 bits per heavy atom. The Balaban J connectivity index is 2.57. The van der Waals surface area contributed by atoms with E-state index in [4.69, 9.17) is 0 Å². The van der Waals surface area contributed by atoms with Crippen LogP contribution in [0.3, 0.4) is 0 Å². The van der Waals surface area contributed by atoms with Gasteiger partial charge in [0, 0.05) is 23.2 Å². The summed E-state index contributed by atoms with van der Waals surface area (Å²) in [7, 11) is 0. The van der Waals surface area contributed by atoms with Gasteiger partial charge in [-0.05, 0) is 12.1 Å². The molecule has 0 saturated carbocycles. The largest absolute Gasteiger partial charge is 0.325 e. The number of hydrogen-bond acceptors (Lipinski definition) is 4. The van der Waals surface area contributed by atoms with Crippen molar-refractivity contribution in [3.05, 3.63) is 34.4 Å². The van der Waals surface area contributed by atoms with Crippen molar-refractivity contribution in [3.63, 3.8) is 0 Å². The molecule has 0 aromatic heterocycles. The van der Waals surface area contributed by atoms with Crippen LogP contribution >= 0.6 is 31.9 Å². The number of amides is 3. The van der Waals surface area contributed by atoms with Gasteiger partial charge in [-0.25, -0.2) is 4.79 Å². The molecule has 0 aliphatic heterocycles. The minimum absolute atomic E-state index is 0.0816. The number of nitrogens with zero attached hydrogens (tertiary/aromatic N) is 1. The van der Waals surface area contributed by atoms with Crippen molar-refractivity contribution in [2.45, 2.75) is 4.83 Å². The second-order valence-electron chi connectivity index (χ2n) is 3.37. The Bertz CT molecular complexity index is 492. The Kier molecular flexibility index (Phi) is 5.90. The van der Waals surface area contributed by atoms with Crippen LogP contribution in [0.4, 0.5) is 16.2 Å². The lowest BCUT2D eigenvalue weighted by Crippen LogP contribution is -2.39. The summed E-state index contributed by atoms with van der Waals surface area (Å²) >= 11 is 6.16. The van der Waals surface area contributed by atoms with Crippen molar-refractivity contribution < 1.29 is 14.5 Å². The summed E-state index contributed by atoms with van der Waals surface area (Å²) in [6, 6.07) is 4.55. The van der Waals surface area contributed by atoms with Crippen LogP contribution < -0.4 is 10.6 Å². The smallest absolute Gasteiger partial charge is 0.308 e. The van der Waals surface area contributed by atoms with Gasteiger partial charge in [-0.15, -0.1) is 0 Å². The molecule has 0 bridgehead atoms. The number of urea groups is 1. The minimum Gasteiger partial charge on any atom is -0.308 e. The maximum absolute atomic E-state index is 11.4. The van der Waals surface area contributed by atoms with Crippen molar-refractivity contribution in [1.29, 1.82) is 0 Å². The predicted molar refractivity (Wildman–Crippen MR) is 76.8 cm³/mol. The van der Waals surface area contributed by atoms with Crippen molar-refractivity contribution in [2.75, 3.05) is 10.6 Å². The third-order valence-corrected chi connectivity index (χ3v) is 4.25. The van der Waals surface area contributed by atoms with Gasteiger partial charge in [0.15, 0.2) is 0 Å². The molecule has 0 spiro atoms. The summed E-state index contributed by atoms with van der Waals surface area (Å²) in [4.78, 5) is 32.2. The lowest BCUT2D eigenvalue weighted by molar-refractivity contribution is -0.384. The molecule has 0 aliphatic carbocycles. The molecule has 2 N–H and O–H groups in total. The van der Waals surface area contributed by atoms with E-state index < -0.39 is 21.7 Å². The molecule has 0 aliphatic rings. The van der Waals surface area contributed by atoms with Gasteiger partial charge in [0.1, 0.15) is 4.83 Å². The van der Waals surface area contributed by atoms with Gasteiger partial charge >= 0.3 is 6.03 Å². The number of halogens is 2. The molecule has 1 aromatic carbocycles. The lowest BCUT2D eigenvalue weighted by atomic mass is 10.3. The van der Waals surface area contributed by atoms with E-state index in [2.05, 4.69) is 42.5 Å². The quantitative estimate of drug-likeness (QED) is 0.465. The van der Waals surface area contributed by atoms with Crippen molar-refractivity contribution in [2.24, 2.45) is 0 Å². The summed E-state index contributed by atoms with van der Waals surface area (Å²) in [6.45, 7) is 0. The third kappa shape index (κ3) is 4.95. The minimum atomic E-state index is -0.704. The number of nitro groups is 1. The first-order valence-electron chi connectivity index (χ1n) is 5.00. The van der Waals surface area contributed by atoms with Crippen LogP contribution in [-0.2, 0) is 4.79 Å². The first-order valence-corrected chi connectivity index (χ1v) is 7.04. The Labute approximate surface area is 125 Å². The molecule has 0 saturated heterocycles. The van der Waals surface area contributed by atoms with Gasteiger partial charge in [-0.3, -0.25) is 20.2 Å². The molecule has 1 atom stereocenters. The number of carbonyl (C=O) groups is 2. The second-order valence-corrected chi connectivity index (χ2v) is 5.12. The van der Waals surface area contributed by atoms with E-state index in [9.17, 15) is 19.7 Å². The van der Waals surface area contributed by atoms with E-state index >= 15 is 0 Å². The van der Waals surface area contributed by atoms with E-state index in [-0.39, 0.29) is 5.69 Å². The first-order chi connectivity index (χ1) is 8.93. The molecular formula is C10H9Br2N3O4. The van der Waals surface area contributed by atoms with Crippen molar-refractivity contribution in [1.82, 2.24) is 5.32 Å². The molecule has 0 radical (unpaired) electrons. The van der Waals surface area contributed by atoms with Crippen LogP contribution in [-0.4, -0.2) is 27.0 Å². The molecule has 9 heteroatoms. The molecule has 1 unspecified atom stereocenters. The maximum atomic E-state index is 11.4. The number of hydrogen-bond donors (Lipinski definition) is 2. The zero-order valence-corrected chi connectivity index (χ0v) is 12.6. The zero-order valence-electron chi connectivity index (χ0n) is 9.43. The van der Waals surface area contributed by atoms with E-state index in [1.54, 1.807) is 0 Å². The SMILES string of the molecule is O=C(NC(=O)C(Br)CBr)Nc1ccc([N+](=O)[O-])cc1. The van der Waals surface area contributed by atoms with Crippen LogP contribution in [0, 0.1) is 10.1 Å². The van der Waals surface area contributed by atoms with Crippen LogP contribution in [0.15, 0.2) is 24.3 Å². The molecule has 3 amide bonds. The average molecular weight is 395 g/mol. The molecule has 1 aromatic rings. The van der Waals surface area contributed by atoms with Crippen LogP contribution in [0.25, 0.3) is 0 Å². The third-order valence-electron chi connectivity index (χ3n) is 1.99. The van der Waals surface area contributed by atoms with E-state index in [1.807, 2.05) is 0 Å². The number of benzene rings is 1. The van der Waals surface area contributed by atoms with Crippen LogP contribution in [0.1, 0.15) is 0 Å². The average Bonchev–Trinajstić information content (AvgIpc) is 2.38. The highest BCUT2D eigenvalue weighted by Gasteiger charge is 2.16. The van der Waals surface area contributed by atoms with Gasteiger partial charge in [0.05, 0.1) is 4.92 Å². The molecule has 0 heterocycles. The summed E-state index contributed by atoms with van der Waals surface area (Å²) in [5, 5.41) is 15.3. The number of alkyl halides is 2. The Morgan fingerprint density at radius 3 is 2.37 bits per heavy atom. The Morgan fingerprint density at radius 2 is 1.89 bits per heavy atom. The van der Waals surface area contributed by atoms with Gasteiger partial charge in [-0.2, -0.15) is 0 Å². The highest BCUT2D eigenvalue weighted by atomic mass is 79.9. The highest BCUT2D eigenvalue weighted by Crippen LogP contribution is 2.15.